The molecule has 1 aromatic rings. The maximum atomic E-state index is 5.84. The molecule has 2 heteroatoms. The standard InChI is InChI=1S/C14H22N2/c1-3-5-11(2)16-9-4-6-12-10-13(15)7-8-14(12)16/h7-8,10-11H,3-6,9,15H2,1-2H3. The van der Waals surface area contributed by atoms with Gasteiger partial charge in [-0.2, -0.15) is 0 Å². The fourth-order valence-electron chi connectivity index (χ4n) is 2.68. The van der Waals surface area contributed by atoms with Crippen molar-refractivity contribution in [3.05, 3.63) is 23.8 Å². The first kappa shape index (κ1) is 11.3. The van der Waals surface area contributed by atoms with Crippen LogP contribution in [0.25, 0.3) is 0 Å². The van der Waals surface area contributed by atoms with Gasteiger partial charge in [-0.1, -0.05) is 13.3 Å². The molecule has 1 unspecified atom stereocenters. The molecule has 0 amide bonds. The molecule has 2 rings (SSSR count). The minimum absolute atomic E-state index is 0.646. The van der Waals surface area contributed by atoms with Crippen molar-refractivity contribution in [1.29, 1.82) is 0 Å². The number of anilines is 2. The highest BCUT2D eigenvalue weighted by Crippen LogP contribution is 2.31. The summed E-state index contributed by atoms with van der Waals surface area (Å²) in [6.07, 6.45) is 4.95. The zero-order chi connectivity index (χ0) is 11.5. The van der Waals surface area contributed by atoms with Crippen LogP contribution < -0.4 is 10.6 Å². The number of hydrogen-bond acceptors (Lipinski definition) is 2. The van der Waals surface area contributed by atoms with E-state index in [0.717, 1.165) is 5.69 Å². The molecule has 0 spiro atoms. The Kier molecular flexibility index (Phi) is 3.37. The molecule has 0 saturated heterocycles. The summed E-state index contributed by atoms with van der Waals surface area (Å²) in [5.74, 6) is 0. The molecule has 0 aromatic heterocycles. The van der Waals surface area contributed by atoms with Gasteiger partial charge in [-0.05, 0) is 49.9 Å². The van der Waals surface area contributed by atoms with Crippen molar-refractivity contribution in [2.45, 2.75) is 45.6 Å². The van der Waals surface area contributed by atoms with Crippen molar-refractivity contribution >= 4 is 11.4 Å². The lowest BCUT2D eigenvalue weighted by molar-refractivity contribution is 0.554. The summed E-state index contributed by atoms with van der Waals surface area (Å²) < 4.78 is 0. The lowest BCUT2D eigenvalue weighted by Gasteiger charge is -2.36. The van der Waals surface area contributed by atoms with Crippen LogP contribution in [-0.2, 0) is 6.42 Å². The van der Waals surface area contributed by atoms with Crippen LogP contribution >= 0.6 is 0 Å². The molecular formula is C14H22N2. The Hall–Kier alpha value is -1.18. The Morgan fingerprint density at radius 3 is 3.00 bits per heavy atom. The summed E-state index contributed by atoms with van der Waals surface area (Å²) in [7, 11) is 0. The van der Waals surface area contributed by atoms with Gasteiger partial charge in [0.25, 0.3) is 0 Å². The molecule has 0 fully saturated rings. The van der Waals surface area contributed by atoms with Gasteiger partial charge in [-0.15, -0.1) is 0 Å². The maximum absolute atomic E-state index is 5.84. The fourth-order valence-corrected chi connectivity index (χ4v) is 2.68. The molecule has 0 bridgehead atoms. The summed E-state index contributed by atoms with van der Waals surface area (Å²) in [6, 6.07) is 7.00. The average molecular weight is 218 g/mol. The average Bonchev–Trinajstić information content (AvgIpc) is 2.28. The molecular weight excluding hydrogens is 196 g/mol. The van der Waals surface area contributed by atoms with Crippen LogP contribution in [-0.4, -0.2) is 12.6 Å². The summed E-state index contributed by atoms with van der Waals surface area (Å²) in [6.45, 7) is 5.78. The topological polar surface area (TPSA) is 29.3 Å². The van der Waals surface area contributed by atoms with Gasteiger partial charge in [0, 0.05) is 24.0 Å². The number of nitrogens with zero attached hydrogens (tertiary/aromatic N) is 1. The molecule has 0 aliphatic carbocycles. The van der Waals surface area contributed by atoms with Crippen molar-refractivity contribution in [1.82, 2.24) is 0 Å². The van der Waals surface area contributed by atoms with Gasteiger partial charge < -0.3 is 10.6 Å². The smallest absolute Gasteiger partial charge is 0.0402 e. The Morgan fingerprint density at radius 1 is 1.44 bits per heavy atom. The molecule has 1 atom stereocenters. The second kappa shape index (κ2) is 4.77. The third-order valence-electron chi connectivity index (χ3n) is 3.50. The van der Waals surface area contributed by atoms with Gasteiger partial charge in [-0.25, -0.2) is 0 Å². The van der Waals surface area contributed by atoms with Crippen LogP contribution in [0.4, 0.5) is 11.4 Å². The second-order valence-electron chi connectivity index (χ2n) is 4.82. The first-order valence-corrected chi connectivity index (χ1v) is 6.37. The molecule has 1 heterocycles. The number of rotatable bonds is 3. The van der Waals surface area contributed by atoms with E-state index in [2.05, 4.69) is 30.9 Å². The monoisotopic (exact) mass is 218 g/mol. The van der Waals surface area contributed by atoms with Crippen LogP contribution in [0, 0.1) is 0 Å². The van der Waals surface area contributed by atoms with E-state index >= 15 is 0 Å². The van der Waals surface area contributed by atoms with Crippen molar-refractivity contribution in [3.63, 3.8) is 0 Å². The lowest BCUT2D eigenvalue weighted by atomic mass is 9.98. The van der Waals surface area contributed by atoms with Crippen molar-refractivity contribution < 1.29 is 0 Å². The van der Waals surface area contributed by atoms with E-state index in [9.17, 15) is 0 Å². The van der Waals surface area contributed by atoms with E-state index in [1.54, 1.807) is 0 Å². The van der Waals surface area contributed by atoms with Crippen LogP contribution in [0.15, 0.2) is 18.2 Å². The molecule has 1 aliphatic rings. The zero-order valence-electron chi connectivity index (χ0n) is 10.4. The third kappa shape index (κ3) is 2.16. The number of nitrogens with two attached hydrogens (primary N) is 1. The number of hydrogen-bond donors (Lipinski definition) is 1. The van der Waals surface area contributed by atoms with Crippen LogP contribution in [0.1, 0.15) is 38.7 Å². The molecule has 1 aromatic carbocycles. The van der Waals surface area contributed by atoms with Crippen molar-refractivity contribution in [3.8, 4) is 0 Å². The Morgan fingerprint density at radius 2 is 2.25 bits per heavy atom. The highest BCUT2D eigenvalue weighted by molar-refractivity contribution is 5.61. The largest absolute Gasteiger partial charge is 0.399 e. The van der Waals surface area contributed by atoms with E-state index in [1.165, 1.54) is 43.5 Å². The molecule has 2 N–H and O–H groups in total. The quantitative estimate of drug-likeness (QED) is 0.789. The van der Waals surface area contributed by atoms with Crippen molar-refractivity contribution in [2.75, 3.05) is 17.2 Å². The van der Waals surface area contributed by atoms with Gasteiger partial charge in [-0.3, -0.25) is 0 Å². The molecule has 88 valence electrons. The zero-order valence-corrected chi connectivity index (χ0v) is 10.4. The van der Waals surface area contributed by atoms with Crippen LogP contribution in [0.5, 0.6) is 0 Å². The van der Waals surface area contributed by atoms with E-state index in [-0.39, 0.29) is 0 Å². The molecule has 0 saturated carbocycles. The maximum Gasteiger partial charge on any atom is 0.0402 e. The predicted octanol–water partition coefficient (Wildman–Crippen LogP) is 3.21. The van der Waals surface area contributed by atoms with E-state index in [4.69, 9.17) is 5.73 Å². The van der Waals surface area contributed by atoms with Gasteiger partial charge >= 0.3 is 0 Å². The fraction of sp³-hybridized carbons (Fsp3) is 0.571. The molecule has 16 heavy (non-hydrogen) atoms. The first-order chi connectivity index (χ1) is 7.72. The highest BCUT2D eigenvalue weighted by Gasteiger charge is 2.20. The van der Waals surface area contributed by atoms with Crippen LogP contribution in [0.2, 0.25) is 0 Å². The minimum Gasteiger partial charge on any atom is -0.399 e. The normalized spacial score (nSPS) is 17.0. The van der Waals surface area contributed by atoms with Gasteiger partial charge in [0.1, 0.15) is 0 Å². The van der Waals surface area contributed by atoms with E-state index in [1.807, 2.05) is 6.07 Å². The third-order valence-corrected chi connectivity index (χ3v) is 3.50. The Balaban J connectivity index is 2.25. The lowest BCUT2D eigenvalue weighted by Crippen LogP contribution is -2.37. The van der Waals surface area contributed by atoms with E-state index in [0.29, 0.717) is 6.04 Å². The highest BCUT2D eigenvalue weighted by atomic mass is 15.2. The summed E-state index contributed by atoms with van der Waals surface area (Å²) >= 11 is 0. The molecule has 0 radical (unpaired) electrons. The van der Waals surface area contributed by atoms with Gasteiger partial charge in [0.05, 0.1) is 0 Å². The Labute approximate surface area is 98.4 Å². The number of aryl methyl sites for hydroxylation is 1. The minimum atomic E-state index is 0.646. The SMILES string of the molecule is CCCC(C)N1CCCc2cc(N)ccc21. The summed E-state index contributed by atoms with van der Waals surface area (Å²) in [5, 5.41) is 0. The summed E-state index contributed by atoms with van der Waals surface area (Å²) in [4.78, 5) is 2.54. The summed E-state index contributed by atoms with van der Waals surface area (Å²) in [5.41, 5.74) is 9.57. The van der Waals surface area contributed by atoms with E-state index < -0.39 is 0 Å². The molecule has 2 nitrogen and oxygen atoms in total. The Bertz CT molecular complexity index is 360. The molecule has 1 aliphatic heterocycles. The number of benzene rings is 1. The van der Waals surface area contributed by atoms with Crippen LogP contribution in [0.3, 0.4) is 0 Å². The number of nitrogen functional groups attached to an aromatic ring is 1. The first-order valence-electron chi connectivity index (χ1n) is 6.37. The predicted molar refractivity (Wildman–Crippen MR) is 70.9 cm³/mol. The van der Waals surface area contributed by atoms with Gasteiger partial charge in [0.2, 0.25) is 0 Å². The van der Waals surface area contributed by atoms with Gasteiger partial charge in [0.15, 0.2) is 0 Å². The van der Waals surface area contributed by atoms with Crippen molar-refractivity contribution in [2.24, 2.45) is 0 Å². The number of fused-ring (bicyclic) bond motifs is 1. The second-order valence-corrected chi connectivity index (χ2v) is 4.82.